The SMILES string of the molecule is O=C(Cc1ccc2c(c1)CCC2)NC1CCC(C(=O)O)C1. The molecule has 0 aromatic heterocycles. The Morgan fingerprint density at radius 2 is 2.00 bits per heavy atom. The average molecular weight is 287 g/mol. The minimum absolute atomic E-state index is 0.00369. The molecule has 0 heterocycles. The fourth-order valence-electron chi connectivity index (χ4n) is 3.54. The molecule has 0 saturated heterocycles. The van der Waals surface area contributed by atoms with Gasteiger partial charge in [0.25, 0.3) is 0 Å². The van der Waals surface area contributed by atoms with Crippen LogP contribution in [0.4, 0.5) is 0 Å². The zero-order valence-corrected chi connectivity index (χ0v) is 12.1. The Morgan fingerprint density at radius 1 is 1.19 bits per heavy atom. The van der Waals surface area contributed by atoms with E-state index >= 15 is 0 Å². The van der Waals surface area contributed by atoms with Gasteiger partial charge in [0.1, 0.15) is 0 Å². The first-order valence-electron chi connectivity index (χ1n) is 7.74. The standard InChI is InChI=1S/C17H21NO3/c19-16(18-15-7-6-14(10-15)17(20)21)9-11-4-5-12-2-1-3-13(12)8-11/h4-5,8,14-15H,1-3,6-7,9-10H2,(H,18,19)(H,20,21). The summed E-state index contributed by atoms with van der Waals surface area (Å²) in [5.41, 5.74) is 3.85. The number of amides is 1. The number of fused-ring (bicyclic) bond motifs is 1. The van der Waals surface area contributed by atoms with Crippen molar-refractivity contribution in [3.63, 3.8) is 0 Å². The summed E-state index contributed by atoms with van der Waals surface area (Å²) in [4.78, 5) is 23.0. The number of carboxylic acids is 1. The molecule has 0 bridgehead atoms. The predicted octanol–water partition coefficient (Wildman–Crippen LogP) is 2.09. The average Bonchev–Trinajstić information content (AvgIpc) is 3.06. The molecule has 0 spiro atoms. The largest absolute Gasteiger partial charge is 0.481 e. The van der Waals surface area contributed by atoms with Crippen LogP contribution in [-0.2, 0) is 28.9 Å². The molecule has 3 rings (SSSR count). The molecule has 4 heteroatoms. The van der Waals surface area contributed by atoms with Gasteiger partial charge in [-0.2, -0.15) is 0 Å². The highest BCUT2D eigenvalue weighted by atomic mass is 16.4. The summed E-state index contributed by atoms with van der Waals surface area (Å²) in [6, 6.07) is 6.35. The summed E-state index contributed by atoms with van der Waals surface area (Å²) >= 11 is 0. The van der Waals surface area contributed by atoms with Gasteiger partial charge in [-0.1, -0.05) is 18.2 Å². The smallest absolute Gasteiger partial charge is 0.306 e. The molecule has 2 N–H and O–H groups in total. The maximum Gasteiger partial charge on any atom is 0.306 e. The van der Waals surface area contributed by atoms with Crippen molar-refractivity contribution in [3.8, 4) is 0 Å². The predicted molar refractivity (Wildman–Crippen MR) is 79.1 cm³/mol. The summed E-state index contributed by atoms with van der Waals surface area (Å²) < 4.78 is 0. The number of carboxylic acid groups (broad SMARTS) is 1. The van der Waals surface area contributed by atoms with Crippen LogP contribution in [0, 0.1) is 5.92 Å². The maximum atomic E-state index is 12.1. The van der Waals surface area contributed by atoms with E-state index in [0.29, 0.717) is 19.3 Å². The lowest BCUT2D eigenvalue weighted by molar-refractivity contribution is -0.141. The molecule has 1 saturated carbocycles. The molecule has 1 amide bonds. The zero-order valence-electron chi connectivity index (χ0n) is 12.1. The second-order valence-corrected chi connectivity index (χ2v) is 6.25. The zero-order chi connectivity index (χ0) is 14.8. The molecule has 21 heavy (non-hydrogen) atoms. The van der Waals surface area contributed by atoms with Gasteiger partial charge in [-0.25, -0.2) is 0 Å². The van der Waals surface area contributed by atoms with Gasteiger partial charge >= 0.3 is 5.97 Å². The molecule has 1 fully saturated rings. The molecule has 2 aliphatic carbocycles. The van der Waals surface area contributed by atoms with E-state index in [9.17, 15) is 9.59 Å². The van der Waals surface area contributed by atoms with Crippen LogP contribution >= 0.6 is 0 Å². The van der Waals surface area contributed by atoms with E-state index in [1.807, 2.05) is 6.07 Å². The van der Waals surface area contributed by atoms with Gasteiger partial charge in [0.15, 0.2) is 0 Å². The Labute approximate surface area is 124 Å². The molecular weight excluding hydrogens is 266 g/mol. The number of carbonyl (C=O) groups is 2. The van der Waals surface area contributed by atoms with Gasteiger partial charge in [0, 0.05) is 6.04 Å². The summed E-state index contributed by atoms with van der Waals surface area (Å²) in [6.07, 6.45) is 5.87. The molecule has 2 atom stereocenters. The lowest BCUT2D eigenvalue weighted by atomic mass is 10.0. The van der Waals surface area contributed by atoms with Crippen molar-refractivity contribution in [1.29, 1.82) is 0 Å². The molecule has 112 valence electrons. The quantitative estimate of drug-likeness (QED) is 0.891. The Morgan fingerprint density at radius 3 is 2.76 bits per heavy atom. The van der Waals surface area contributed by atoms with Crippen molar-refractivity contribution < 1.29 is 14.7 Å². The van der Waals surface area contributed by atoms with Crippen molar-refractivity contribution in [2.75, 3.05) is 0 Å². The van der Waals surface area contributed by atoms with Crippen molar-refractivity contribution in [2.24, 2.45) is 5.92 Å². The normalized spacial score (nSPS) is 23.8. The van der Waals surface area contributed by atoms with Gasteiger partial charge in [0.05, 0.1) is 12.3 Å². The van der Waals surface area contributed by atoms with Crippen LogP contribution in [0.3, 0.4) is 0 Å². The molecular formula is C17H21NO3. The van der Waals surface area contributed by atoms with Crippen LogP contribution in [0.25, 0.3) is 0 Å². The number of rotatable bonds is 4. The van der Waals surface area contributed by atoms with Gasteiger partial charge in [-0.15, -0.1) is 0 Å². The van der Waals surface area contributed by atoms with Crippen LogP contribution in [-0.4, -0.2) is 23.0 Å². The second-order valence-electron chi connectivity index (χ2n) is 6.25. The summed E-state index contributed by atoms with van der Waals surface area (Å²) in [6.45, 7) is 0. The van der Waals surface area contributed by atoms with Crippen LogP contribution in [0.5, 0.6) is 0 Å². The van der Waals surface area contributed by atoms with Gasteiger partial charge in [0.2, 0.25) is 5.91 Å². The number of aryl methyl sites for hydroxylation is 2. The molecule has 0 aliphatic heterocycles. The lowest BCUT2D eigenvalue weighted by Gasteiger charge is -2.13. The van der Waals surface area contributed by atoms with E-state index < -0.39 is 5.97 Å². The highest BCUT2D eigenvalue weighted by Gasteiger charge is 2.30. The number of carbonyl (C=O) groups excluding carboxylic acids is 1. The summed E-state index contributed by atoms with van der Waals surface area (Å²) in [5, 5.41) is 12.0. The maximum absolute atomic E-state index is 12.1. The van der Waals surface area contributed by atoms with Crippen LogP contribution in [0.15, 0.2) is 18.2 Å². The van der Waals surface area contributed by atoms with E-state index in [0.717, 1.165) is 24.8 Å². The van der Waals surface area contributed by atoms with E-state index in [-0.39, 0.29) is 17.9 Å². The first-order chi connectivity index (χ1) is 10.1. The Bertz CT molecular complexity index is 567. The second kappa shape index (κ2) is 5.88. The number of aliphatic carboxylic acids is 1. The number of hydrogen-bond acceptors (Lipinski definition) is 2. The summed E-state index contributed by atoms with van der Waals surface area (Å²) in [5.74, 6) is -1.04. The number of benzene rings is 1. The molecule has 2 unspecified atom stereocenters. The lowest BCUT2D eigenvalue weighted by Crippen LogP contribution is -2.34. The number of hydrogen-bond donors (Lipinski definition) is 2. The molecule has 1 aromatic rings. The van der Waals surface area contributed by atoms with E-state index in [1.54, 1.807) is 0 Å². The van der Waals surface area contributed by atoms with E-state index in [4.69, 9.17) is 5.11 Å². The molecule has 1 aromatic carbocycles. The monoisotopic (exact) mass is 287 g/mol. The van der Waals surface area contributed by atoms with Crippen LogP contribution in [0.2, 0.25) is 0 Å². The van der Waals surface area contributed by atoms with Crippen LogP contribution in [0.1, 0.15) is 42.4 Å². The van der Waals surface area contributed by atoms with Crippen molar-refractivity contribution >= 4 is 11.9 Å². The molecule has 0 radical (unpaired) electrons. The van der Waals surface area contributed by atoms with Crippen molar-refractivity contribution in [2.45, 2.75) is 51.0 Å². The van der Waals surface area contributed by atoms with Crippen LogP contribution < -0.4 is 5.32 Å². The topological polar surface area (TPSA) is 66.4 Å². The summed E-state index contributed by atoms with van der Waals surface area (Å²) in [7, 11) is 0. The Kier molecular flexibility index (Phi) is 3.95. The number of nitrogens with one attached hydrogen (secondary N) is 1. The molecule has 2 aliphatic rings. The Hall–Kier alpha value is -1.84. The minimum Gasteiger partial charge on any atom is -0.481 e. The highest BCUT2D eigenvalue weighted by Crippen LogP contribution is 2.26. The van der Waals surface area contributed by atoms with E-state index in [1.165, 1.54) is 17.5 Å². The fraction of sp³-hybridized carbons (Fsp3) is 0.529. The highest BCUT2D eigenvalue weighted by molar-refractivity contribution is 5.79. The van der Waals surface area contributed by atoms with E-state index in [2.05, 4.69) is 17.4 Å². The Balaban J connectivity index is 1.54. The minimum atomic E-state index is -0.745. The van der Waals surface area contributed by atoms with Crippen molar-refractivity contribution in [1.82, 2.24) is 5.32 Å². The fourth-order valence-corrected chi connectivity index (χ4v) is 3.54. The molecule has 4 nitrogen and oxygen atoms in total. The first kappa shape index (κ1) is 14.1. The third-order valence-corrected chi connectivity index (χ3v) is 4.67. The third kappa shape index (κ3) is 3.26. The first-order valence-corrected chi connectivity index (χ1v) is 7.74. The van der Waals surface area contributed by atoms with Gasteiger partial charge < -0.3 is 10.4 Å². The third-order valence-electron chi connectivity index (χ3n) is 4.67. The van der Waals surface area contributed by atoms with Crippen molar-refractivity contribution in [3.05, 3.63) is 34.9 Å². The van der Waals surface area contributed by atoms with Gasteiger partial charge in [-0.3, -0.25) is 9.59 Å². The van der Waals surface area contributed by atoms with Gasteiger partial charge in [-0.05, 0) is 55.2 Å².